The fourth-order valence-electron chi connectivity index (χ4n) is 2.37. The molecular formula is C19H16Cl2N2O2. The molecule has 0 saturated heterocycles. The number of anilines is 1. The second-order valence-electron chi connectivity index (χ2n) is 5.61. The first-order valence-electron chi connectivity index (χ1n) is 7.78. The Morgan fingerprint density at radius 2 is 2.00 bits per heavy atom. The van der Waals surface area contributed by atoms with E-state index in [1.165, 1.54) is 0 Å². The first-order valence-corrected chi connectivity index (χ1v) is 8.54. The highest BCUT2D eigenvalue weighted by Gasteiger charge is 2.12. The zero-order valence-corrected chi connectivity index (χ0v) is 15.1. The first-order chi connectivity index (χ1) is 12.0. The minimum Gasteiger partial charge on any atom is -0.441 e. The van der Waals surface area contributed by atoms with Gasteiger partial charge in [0.2, 0.25) is 5.91 Å². The highest BCUT2D eigenvalue weighted by Crippen LogP contribution is 2.28. The van der Waals surface area contributed by atoms with Gasteiger partial charge in [-0.2, -0.15) is 0 Å². The van der Waals surface area contributed by atoms with Gasteiger partial charge >= 0.3 is 0 Å². The number of nitrogens with zero attached hydrogens (tertiary/aromatic N) is 1. The van der Waals surface area contributed by atoms with E-state index >= 15 is 0 Å². The summed E-state index contributed by atoms with van der Waals surface area (Å²) in [4.78, 5) is 16.4. The fourth-order valence-corrected chi connectivity index (χ4v) is 2.77. The van der Waals surface area contributed by atoms with E-state index in [9.17, 15) is 4.79 Å². The molecule has 0 unspecified atom stereocenters. The number of halogens is 2. The number of carbonyl (C=O) groups excluding carboxylic acids is 1. The molecule has 1 heterocycles. The third-order valence-electron chi connectivity index (χ3n) is 3.73. The lowest BCUT2D eigenvalue weighted by Crippen LogP contribution is -2.13. The lowest BCUT2D eigenvalue weighted by atomic mass is 10.2. The van der Waals surface area contributed by atoms with Crippen LogP contribution in [0.1, 0.15) is 17.9 Å². The molecule has 128 valence electrons. The molecule has 0 bridgehead atoms. The molecule has 2 aromatic carbocycles. The van der Waals surface area contributed by atoms with Crippen molar-refractivity contribution in [2.24, 2.45) is 0 Å². The number of aromatic nitrogens is 1. The molecule has 1 amide bonds. The Kier molecular flexibility index (Phi) is 5.41. The van der Waals surface area contributed by atoms with Crippen LogP contribution in [0.4, 0.5) is 5.69 Å². The van der Waals surface area contributed by atoms with Crippen LogP contribution < -0.4 is 5.32 Å². The second kappa shape index (κ2) is 7.72. The summed E-state index contributed by atoms with van der Waals surface area (Å²) in [6.45, 7) is 1.91. The summed E-state index contributed by atoms with van der Waals surface area (Å²) in [6, 6.07) is 12.8. The SMILES string of the molecule is Cc1ccc(Cl)cc1NC(=O)CCc1ncc(-c2ccccc2Cl)o1. The fraction of sp³-hybridized carbons (Fsp3) is 0.158. The molecule has 0 aliphatic heterocycles. The number of oxazole rings is 1. The van der Waals surface area contributed by atoms with Crippen molar-refractivity contribution in [1.82, 2.24) is 4.98 Å². The third kappa shape index (κ3) is 4.41. The molecule has 0 saturated carbocycles. The molecule has 3 aromatic rings. The van der Waals surface area contributed by atoms with Gasteiger partial charge in [-0.1, -0.05) is 41.4 Å². The van der Waals surface area contributed by atoms with Crippen LogP contribution in [-0.4, -0.2) is 10.9 Å². The third-order valence-corrected chi connectivity index (χ3v) is 4.30. The molecular weight excluding hydrogens is 359 g/mol. The van der Waals surface area contributed by atoms with Gasteiger partial charge in [-0.25, -0.2) is 4.98 Å². The molecule has 0 aliphatic carbocycles. The Bertz CT molecular complexity index is 906. The minimum absolute atomic E-state index is 0.122. The average Bonchev–Trinajstić information content (AvgIpc) is 3.05. The number of aryl methyl sites for hydroxylation is 2. The molecule has 1 N–H and O–H groups in total. The first kappa shape index (κ1) is 17.5. The van der Waals surface area contributed by atoms with Crippen molar-refractivity contribution in [3.05, 3.63) is 70.2 Å². The lowest BCUT2D eigenvalue weighted by Gasteiger charge is -2.08. The molecule has 6 heteroatoms. The number of benzene rings is 2. The van der Waals surface area contributed by atoms with Crippen LogP contribution in [0.2, 0.25) is 10.0 Å². The maximum atomic E-state index is 12.1. The summed E-state index contributed by atoms with van der Waals surface area (Å²) in [6.07, 6.45) is 2.28. The van der Waals surface area contributed by atoms with E-state index in [4.69, 9.17) is 27.6 Å². The summed E-state index contributed by atoms with van der Waals surface area (Å²) in [5.41, 5.74) is 2.44. The van der Waals surface area contributed by atoms with Gasteiger partial charge in [0.25, 0.3) is 0 Å². The van der Waals surface area contributed by atoms with Crippen molar-refractivity contribution in [1.29, 1.82) is 0 Å². The van der Waals surface area contributed by atoms with Gasteiger partial charge in [-0.15, -0.1) is 0 Å². The highest BCUT2D eigenvalue weighted by atomic mass is 35.5. The normalized spacial score (nSPS) is 10.7. The Balaban J connectivity index is 1.61. The van der Waals surface area contributed by atoms with Crippen molar-refractivity contribution < 1.29 is 9.21 Å². The maximum Gasteiger partial charge on any atom is 0.224 e. The summed E-state index contributed by atoms with van der Waals surface area (Å²) in [7, 11) is 0. The summed E-state index contributed by atoms with van der Waals surface area (Å²) < 4.78 is 5.70. The lowest BCUT2D eigenvalue weighted by molar-refractivity contribution is -0.116. The number of carbonyl (C=O) groups is 1. The van der Waals surface area contributed by atoms with Crippen LogP contribution >= 0.6 is 23.2 Å². The smallest absolute Gasteiger partial charge is 0.224 e. The molecule has 3 rings (SSSR count). The zero-order chi connectivity index (χ0) is 17.8. The van der Waals surface area contributed by atoms with Crippen molar-refractivity contribution in [3.63, 3.8) is 0 Å². The van der Waals surface area contributed by atoms with Gasteiger partial charge in [0, 0.05) is 29.1 Å². The van der Waals surface area contributed by atoms with Crippen LogP contribution in [0.25, 0.3) is 11.3 Å². The zero-order valence-electron chi connectivity index (χ0n) is 13.6. The Labute approximate surface area is 155 Å². The van der Waals surface area contributed by atoms with Crippen LogP contribution in [0.5, 0.6) is 0 Å². The molecule has 0 atom stereocenters. The van der Waals surface area contributed by atoms with E-state index in [0.29, 0.717) is 33.8 Å². The number of amides is 1. The molecule has 4 nitrogen and oxygen atoms in total. The van der Waals surface area contributed by atoms with Gasteiger partial charge in [0.15, 0.2) is 11.7 Å². The quantitative estimate of drug-likeness (QED) is 0.638. The number of nitrogens with one attached hydrogen (secondary N) is 1. The van der Waals surface area contributed by atoms with Crippen molar-refractivity contribution in [2.75, 3.05) is 5.32 Å². The summed E-state index contributed by atoms with van der Waals surface area (Å²) >= 11 is 12.1. The van der Waals surface area contributed by atoms with Gasteiger partial charge in [-0.3, -0.25) is 4.79 Å². The highest BCUT2D eigenvalue weighted by molar-refractivity contribution is 6.33. The molecule has 25 heavy (non-hydrogen) atoms. The molecule has 0 radical (unpaired) electrons. The monoisotopic (exact) mass is 374 g/mol. The topological polar surface area (TPSA) is 55.1 Å². The maximum absolute atomic E-state index is 12.1. The molecule has 0 aliphatic rings. The van der Waals surface area contributed by atoms with Crippen LogP contribution in [-0.2, 0) is 11.2 Å². The largest absolute Gasteiger partial charge is 0.441 e. The van der Waals surface area contributed by atoms with Crippen LogP contribution in [0, 0.1) is 6.92 Å². The predicted molar refractivity (Wildman–Crippen MR) is 100 cm³/mol. The summed E-state index contributed by atoms with van der Waals surface area (Å²) in [5, 5.41) is 4.03. The van der Waals surface area contributed by atoms with Gasteiger partial charge < -0.3 is 9.73 Å². The van der Waals surface area contributed by atoms with E-state index in [1.807, 2.05) is 31.2 Å². The molecule has 1 aromatic heterocycles. The minimum atomic E-state index is -0.122. The number of hydrogen-bond acceptors (Lipinski definition) is 3. The van der Waals surface area contributed by atoms with Crippen molar-refractivity contribution >= 4 is 34.8 Å². The van der Waals surface area contributed by atoms with Crippen LogP contribution in [0.15, 0.2) is 53.1 Å². The average molecular weight is 375 g/mol. The predicted octanol–water partition coefficient (Wildman–Crippen LogP) is 5.53. The standard InChI is InChI=1S/C19H16Cl2N2O2/c1-12-6-7-13(20)10-16(12)23-18(24)8-9-19-22-11-17(25-19)14-4-2-3-5-15(14)21/h2-7,10-11H,8-9H2,1H3,(H,23,24). The van der Waals surface area contributed by atoms with Crippen molar-refractivity contribution in [3.8, 4) is 11.3 Å². The number of hydrogen-bond donors (Lipinski definition) is 1. The van der Waals surface area contributed by atoms with Gasteiger partial charge in [-0.05, 0) is 36.8 Å². The summed E-state index contributed by atoms with van der Waals surface area (Å²) in [5.74, 6) is 0.961. The Morgan fingerprint density at radius 3 is 2.80 bits per heavy atom. The van der Waals surface area contributed by atoms with Gasteiger partial charge in [0.05, 0.1) is 11.2 Å². The van der Waals surface area contributed by atoms with E-state index in [-0.39, 0.29) is 12.3 Å². The van der Waals surface area contributed by atoms with E-state index in [0.717, 1.165) is 11.1 Å². The Morgan fingerprint density at radius 1 is 1.20 bits per heavy atom. The molecule has 0 fully saturated rings. The van der Waals surface area contributed by atoms with E-state index in [2.05, 4.69) is 10.3 Å². The Hall–Kier alpha value is -2.30. The van der Waals surface area contributed by atoms with E-state index in [1.54, 1.807) is 24.4 Å². The van der Waals surface area contributed by atoms with Gasteiger partial charge in [0.1, 0.15) is 0 Å². The van der Waals surface area contributed by atoms with E-state index < -0.39 is 0 Å². The molecule has 0 spiro atoms. The van der Waals surface area contributed by atoms with Crippen molar-refractivity contribution in [2.45, 2.75) is 19.8 Å². The van der Waals surface area contributed by atoms with Crippen LogP contribution in [0.3, 0.4) is 0 Å². The number of rotatable bonds is 5. The second-order valence-corrected chi connectivity index (χ2v) is 6.45.